The summed E-state index contributed by atoms with van der Waals surface area (Å²) in [4.78, 5) is 10.7. The van der Waals surface area contributed by atoms with E-state index >= 15 is 0 Å². The molecule has 1 rings (SSSR count). The summed E-state index contributed by atoms with van der Waals surface area (Å²) in [6.45, 7) is 4.71. The average molecular weight is 288 g/mol. The third kappa shape index (κ3) is 4.29. The molecule has 1 aromatic carbocycles. The van der Waals surface area contributed by atoms with E-state index in [-0.39, 0.29) is 23.9 Å². The van der Waals surface area contributed by atoms with Gasteiger partial charge in [0.1, 0.15) is 5.82 Å². The minimum absolute atomic E-state index is 0.0803. The van der Waals surface area contributed by atoms with Gasteiger partial charge in [-0.25, -0.2) is 17.5 Å². The van der Waals surface area contributed by atoms with Gasteiger partial charge in [0.25, 0.3) is 0 Å². The lowest BCUT2D eigenvalue weighted by Gasteiger charge is -2.12. The molecule has 0 saturated carbocycles. The van der Waals surface area contributed by atoms with Crippen molar-refractivity contribution in [2.75, 3.05) is 13.1 Å². The first-order valence-electron chi connectivity index (χ1n) is 5.75. The van der Waals surface area contributed by atoms with Gasteiger partial charge in [-0.05, 0) is 37.1 Å². The zero-order valence-electron chi connectivity index (χ0n) is 11.1. The number of aryl methyl sites for hydroxylation is 2. The quantitative estimate of drug-likeness (QED) is 0.789. The second-order valence-electron chi connectivity index (χ2n) is 4.25. The molecule has 0 radical (unpaired) electrons. The zero-order chi connectivity index (χ0) is 14.6. The number of rotatable bonds is 5. The Labute approximate surface area is 112 Å². The number of carbonyl (C=O) groups is 1. The standard InChI is InChI=1S/C12H17FN2O3S/c1-8-6-11(13)7-9(2)12(8)19(17,18)15-5-4-14-10(3)16/h6-7,15H,4-5H2,1-3H3,(H,14,16). The van der Waals surface area contributed by atoms with Gasteiger partial charge in [0, 0.05) is 20.0 Å². The molecule has 0 saturated heterocycles. The lowest BCUT2D eigenvalue weighted by molar-refractivity contribution is -0.118. The van der Waals surface area contributed by atoms with Gasteiger partial charge in [-0.3, -0.25) is 4.79 Å². The molecule has 1 amide bonds. The van der Waals surface area contributed by atoms with Crippen LogP contribution in [0, 0.1) is 19.7 Å². The summed E-state index contributed by atoms with van der Waals surface area (Å²) >= 11 is 0. The summed E-state index contributed by atoms with van der Waals surface area (Å²) in [5.41, 5.74) is 0.703. The lowest BCUT2D eigenvalue weighted by Crippen LogP contribution is -2.34. The van der Waals surface area contributed by atoms with Crippen LogP contribution in [0.2, 0.25) is 0 Å². The molecule has 0 spiro atoms. The van der Waals surface area contributed by atoms with E-state index in [9.17, 15) is 17.6 Å². The number of halogens is 1. The number of nitrogens with one attached hydrogen (secondary N) is 2. The summed E-state index contributed by atoms with van der Waals surface area (Å²) in [6, 6.07) is 2.35. The van der Waals surface area contributed by atoms with E-state index in [1.54, 1.807) is 13.8 Å². The first-order chi connectivity index (χ1) is 8.74. The van der Waals surface area contributed by atoms with Crippen LogP contribution in [-0.2, 0) is 14.8 Å². The van der Waals surface area contributed by atoms with E-state index in [0.717, 1.165) is 0 Å². The van der Waals surface area contributed by atoms with Crippen molar-refractivity contribution in [3.05, 3.63) is 29.1 Å². The maximum Gasteiger partial charge on any atom is 0.241 e. The van der Waals surface area contributed by atoms with Crippen molar-refractivity contribution in [3.8, 4) is 0 Å². The molecule has 0 unspecified atom stereocenters. The molecule has 0 aliphatic rings. The predicted octanol–water partition coefficient (Wildman–Crippen LogP) is 0.857. The maximum atomic E-state index is 13.1. The van der Waals surface area contributed by atoms with Gasteiger partial charge in [-0.2, -0.15) is 0 Å². The Balaban J connectivity index is 2.86. The Bertz CT molecular complexity index is 562. The number of carbonyl (C=O) groups excluding carboxylic acids is 1. The van der Waals surface area contributed by atoms with Gasteiger partial charge in [-0.15, -0.1) is 0 Å². The molecule has 1 aromatic rings. The van der Waals surface area contributed by atoms with Crippen LogP contribution in [0.15, 0.2) is 17.0 Å². The fraction of sp³-hybridized carbons (Fsp3) is 0.417. The minimum atomic E-state index is -3.70. The zero-order valence-corrected chi connectivity index (χ0v) is 11.9. The van der Waals surface area contributed by atoms with Crippen LogP contribution in [0.4, 0.5) is 4.39 Å². The lowest BCUT2D eigenvalue weighted by atomic mass is 10.1. The second kappa shape index (κ2) is 6.12. The highest BCUT2D eigenvalue weighted by Gasteiger charge is 2.19. The summed E-state index contributed by atoms with van der Waals surface area (Å²) in [5, 5.41) is 2.48. The third-order valence-electron chi connectivity index (χ3n) is 2.48. The van der Waals surface area contributed by atoms with Crippen molar-refractivity contribution in [2.24, 2.45) is 0 Å². The first kappa shape index (κ1) is 15.6. The summed E-state index contributed by atoms with van der Waals surface area (Å²) in [6.07, 6.45) is 0. The summed E-state index contributed by atoms with van der Waals surface area (Å²) < 4.78 is 39.7. The van der Waals surface area contributed by atoms with Gasteiger partial charge in [0.15, 0.2) is 0 Å². The molecule has 0 fully saturated rings. The molecule has 0 bridgehead atoms. The highest BCUT2D eigenvalue weighted by atomic mass is 32.2. The van der Waals surface area contributed by atoms with Gasteiger partial charge >= 0.3 is 0 Å². The van der Waals surface area contributed by atoms with Crippen molar-refractivity contribution in [3.63, 3.8) is 0 Å². The minimum Gasteiger partial charge on any atom is -0.355 e. The van der Waals surface area contributed by atoms with Crippen LogP contribution in [0.25, 0.3) is 0 Å². The van der Waals surface area contributed by atoms with Crippen molar-refractivity contribution in [1.82, 2.24) is 10.0 Å². The monoisotopic (exact) mass is 288 g/mol. The Hall–Kier alpha value is -1.47. The fourth-order valence-corrected chi connectivity index (χ4v) is 3.30. The number of amides is 1. The molecule has 5 nitrogen and oxygen atoms in total. The number of hydrogen-bond donors (Lipinski definition) is 2. The molecule has 19 heavy (non-hydrogen) atoms. The van der Waals surface area contributed by atoms with E-state index in [1.807, 2.05) is 0 Å². The topological polar surface area (TPSA) is 75.3 Å². The Kier molecular flexibility index (Phi) is 5.02. The van der Waals surface area contributed by atoms with Crippen LogP contribution in [0.5, 0.6) is 0 Å². The fourth-order valence-electron chi connectivity index (χ4n) is 1.82. The molecule has 0 aromatic heterocycles. The highest BCUT2D eigenvalue weighted by molar-refractivity contribution is 7.89. The van der Waals surface area contributed by atoms with E-state index in [4.69, 9.17) is 0 Å². The first-order valence-corrected chi connectivity index (χ1v) is 7.23. The second-order valence-corrected chi connectivity index (χ2v) is 5.95. The van der Waals surface area contributed by atoms with Crippen molar-refractivity contribution < 1.29 is 17.6 Å². The summed E-state index contributed by atoms with van der Waals surface area (Å²) in [5.74, 6) is -0.694. The van der Waals surface area contributed by atoms with E-state index in [2.05, 4.69) is 10.0 Å². The van der Waals surface area contributed by atoms with Crippen molar-refractivity contribution in [1.29, 1.82) is 0 Å². The molecule has 0 aliphatic heterocycles. The molecule has 106 valence electrons. The van der Waals surface area contributed by atoms with Gasteiger partial charge in [0.05, 0.1) is 4.90 Å². The predicted molar refractivity (Wildman–Crippen MR) is 69.7 cm³/mol. The van der Waals surface area contributed by atoms with Crippen molar-refractivity contribution >= 4 is 15.9 Å². The average Bonchev–Trinajstić information content (AvgIpc) is 2.22. The summed E-state index contributed by atoms with van der Waals surface area (Å²) in [7, 11) is -3.70. The molecule has 0 aliphatic carbocycles. The van der Waals surface area contributed by atoms with Crippen LogP contribution in [0.1, 0.15) is 18.1 Å². The molecule has 0 heterocycles. The maximum absolute atomic E-state index is 13.1. The number of hydrogen-bond acceptors (Lipinski definition) is 3. The molecule has 0 atom stereocenters. The van der Waals surface area contributed by atoms with Crippen LogP contribution in [-0.4, -0.2) is 27.4 Å². The largest absolute Gasteiger partial charge is 0.355 e. The van der Waals surface area contributed by atoms with E-state index in [1.165, 1.54) is 19.1 Å². The Morgan fingerprint density at radius 1 is 1.21 bits per heavy atom. The van der Waals surface area contributed by atoms with Gasteiger partial charge in [0.2, 0.25) is 15.9 Å². The van der Waals surface area contributed by atoms with Gasteiger partial charge < -0.3 is 5.32 Å². The smallest absolute Gasteiger partial charge is 0.241 e. The third-order valence-corrected chi connectivity index (χ3v) is 4.25. The van der Waals surface area contributed by atoms with Crippen LogP contribution < -0.4 is 10.0 Å². The number of benzene rings is 1. The van der Waals surface area contributed by atoms with Crippen LogP contribution >= 0.6 is 0 Å². The molecule has 7 heteroatoms. The van der Waals surface area contributed by atoms with Gasteiger partial charge in [-0.1, -0.05) is 0 Å². The van der Waals surface area contributed by atoms with E-state index in [0.29, 0.717) is 11.1 Å². The Morgan fingerprint density at radius 3 is 2.21 bits per heavy atom. The Morgan fingerprint density at radius 2 is 1.74 bits per heavy atom. The normalized spacial score (nSPS) is 11.4. The SMILES string of the molecule is CC(=O)NCCNS(=O)(=O)c1c(C)cc(F)cc1C. The molecule has 2 N–H and O–H groups in total. The van der Waals surface area contributed by atoms with Crippen LogP contribution in [0.3, 0.4) is 0 Å². The number of sulfonamides is 1. The highest BCUT2D eigenvalue weighted by Crippen LogP contribution is 2.20. The molecular formula is C12H17FN2O3S. The molecular weight excluding hydrogens is 271 g/mol. The van der Waals surface area contributed by atoms with E-state index < -0.39 is 15.8 Å². The van der Waals surface area contributed by atoms with Crippen molar-refractivity contribution in [2.45, 2.75) is 25.7 Å².